The van der Waals surface area contributed by atoms with E-state index in [2.05, 4.69) is 0 Å². The summed E-state index contributed by atoms with van der Waals surface area (Å²) in [5, 5.41) is 10.5. The van der Waals surface area contributed by atoms with E-state index in [1.54, 1.807) is 38.1 Å². The van der Waals surface area contributed by atoms with Gasteiger partial charge in [0.2, 0.25) is 5.78 Å². The maximum Gasteiger partial charge on any atom is 0.343 e. The first-order valence-electron chi connectivity index (χ1n) is 10.4. The van der Waals surface area contributed by atoms with Gasteiger partial charge in [0, 0.05) is 13.3 Å². The smallest absolute Gasteiger partial charge is 0.343 e. The van der Waals surface area contributed by atoms with Crippen LogP contribution in [0.25, 0.3) is 0 Å². The second-order valence-corrected chi connectivity index (χ2v) is 7.47. The van der Waals surface area contributed by atoms with Crippen LogP contribution in [0.3, 0.4) is 0 Å². The van der Waals surface area contributed by atoms with Gasteiger partial charge in [-0.3, -0.25) is 9.59 Å². The molecule has 1 aliphatic rings. The number of rotatable bonds is 9. The number of aromatic hydroxyl groups is 1. The van der Waals surface area contributed by atoms with Crippen molar-refractivity contribution in [3.05, 3.63) is 53.6 Å². The number of phenolic OH excluding ortho intramolecular Hbond substituents is 1. The van der Waals surface area contributed by atoms with Crippen LogP contribution in [-0.2, 0) is 24.8 Å². The number of ether oxygens (including phenoxy) is 4. The topological polar surface area (TPSA) is 108 Å². The third-order valence-electron chi connectivity index (χ3n) is 5.01. The third-order valence-corrected chi connectivity index (χ3v) is 5.01. The SMILES string of the molecule is CCOC(=O)CCCC(C)OC(=O)c1ccc(O)c(C2(C(C)=O)Oc3ccccc3O2)c1. The average molecular weight is 442 g/mol. The Labute approximate surface area is 186 Å². The fraction of sp³-hybridized carbons (Fsp3) is 0.375. The first kappa shape index (κ1) is 23.1. The Balaban J connectivity index is 1.74. The summed E-state index contributed by atoms with van der Waals surface area (Å²) in [5.74, 6) is -2.88. The quantitative estimate of drug-likeness (QED) is 0.583. The standard InChI is InChI=1S/C24H26O8/c1-4-29-22(27)11-7-8-15(2)30-23(28)17-12-13-19(26)18(14-17)24(16(3)25)31-20-9-5-6-10-21(20)32-24/h5-6,9-10,12-15,26H,4,7-8,11H2,1-3H3. The second-order valence-electron chi connectivity index (χ2n) is 7.47. The number of benzene rings is 2. The van der Waals surface area contributed by atoms with Crippen molar-refractivity contribution in [1.29, 1.82) is 0 Å². The second kappa shape index (κ2) is 9.72. The summed E-state index contributed by atoms with van der Waals surface area (Å²) in [5.41, 5.74) is 0.129. The van der Waals surface area contributed by atoms with Crippen LogP contribution in [0.15, 0.2) is 42.5 Å². The lowest BCUT2D eigenvalue weighted by molar-refractivity contribution is -0.155. The molecule has 0 aliphatic carbocycles. The van der Waals surface area contributed by atoms with Gasteiger partial charge in [-0.1, -0.05) is 12.1 Å². The van der Waals surface area contributed by atoms with Crippen molar-refractivity contribution < 1.29 is 38.4 Å². The molecule has 32 heavy (non-hydrogen) atoms. The number of carbonyl (C=O) groups excluding carboxylic acids is 3. The van der Waals surface area contributed by atoms with Crippen LogP contribution in [0.4, 0.5) is 0 Å². The number of ketones is 1. The molecule has 2 aromatic carbocycles. The molecule has 170 valence electrons. The maximum atomic E-state index is 12.7. The molecule has 0 amide bonds. The molecule has 0 radical (unpaired) electrons. The minimum atomic E-state index is -1.91. The number of Topliss-reactive ketones (excluding diaryl/α,β-unsaturated/α-hetero) is 1. The van der Waals surface area contributed by atoms with E-state index >= 15 is 0 Å². The monoisotopic (exact) mass is 442 g/mol. The van der Waals surface area contributed by atoms with Crippen LogP contribution in [-0.4, -0.2) is 35.5 Å². The number of para-hydroxylation sites is 2. The molecule has 0 saturated heterocycles. The number of hydrogen-bond donors (Lipinski definition) is 1. The number of phenols is 1. The van der Waals surface area contributed by atoms with Crippen LogP contribution < -0.4 is 9.47 Å². The average Bonchev–Trinajstić information content (AvgIpc) is 3.15. The van der Waals surface area contributed by atoms with Gasteiger partial charge in [0.05, 0.1) is 23.8 Å². The van der Waals surface area contributed by atoms with Gasteiger partial charge in [-0.2, -0.15) is 0 Å². The van der Waals surface area contributed by atoms with Crippen LogP contribution in [0.1, 0.15) is 56.0 Å². The molecule has 0 bridgehead atoms. The van der Waals surface area contributed by atoms with E-state index in [1.807, 2.05) is 0 Å². The Morgan fingerprint density at radius 2 is 1.75 bits per heavy atom. The molecule has 8 nitrogen and oxygen atoms in total. The van der Waals surface area contributed by atoms with E-state index in [-0.39, 0.29) is 29.3 Å². The molecule has 1 aliphatic heterocycles. The summed E-state index contributed by atoms with van der Waals surface area (Å²) in [6, 6.07) is 10.8. The van der Waals surface area contributed by atoms with Gasteiger partial charge in [-0.25, -0.2) is 4.79 Å². The molecule has 1 unspecified atom stereocenters. The van der Waals surface area contributed by atoms with E-state index in [4.69, 9.17) is 18.9 Å². The van der Waals surface area contributed by atoms with Gasteiger partial charge < -0.3 is 24.1 Å². The fourth-order valence-corrected chi connectivity index (χ4v) is 3.40. The Morgan fingerprint density at radius 1 is 1.09 bits per heavy atom. The third kappa shape index (κ3) is 4.85. The summed E-state index contributed by atoms with van der Waals surface area (Å²) >= 11 is 0. The van der Waals surface area contributed by atoms with Crippen molar-refractivity contribution in [1.82, 2.24) is 0 Å². The molecule has 1 N–H and O–H groups in total. The van der Waals surface area contributed by atoms with Gasteiger partial charge in [0.25, 0.3) is 0 Å². The molecule has 1 atom stereocenters. The predicted octanol–water partition coefficient (Wildman–Crippen LogP) is 3.88. The zero-order chi connectivity index (χ0) is 23.3. The fourth-order valence-electron chi connectivity index (χ4n) is 3.40. The Hall–Kier alpha value is -3.55. The van der Waals surface area contributed by atoms with E-state index in [1.165, 1.54) is 25.1 Å². The molecule has 0 fully saturated rings. The summed E-state index contributed by atoms with van der Waals surface area (Å²) in [6.45, 7) is 5.07. The molecule has 0 aromatic heterocycles. The highest BCUT2D eigenvalue weighted by Gasteiger charge is 2.50. The molecule has 2 aromatic rings. The highest BCUT2D eigenvalue weighted by Crippen LogP contribution is 2.46. The molecular formula is C24H26O8. The lowest BCUT2D eigenvalue weighted by Gasteiger charge is -2.26. The molecule has 0 saturated carbocycles. The Morgan fingerprint density at radius 3 is 2.34 bits per heavy atom. The van der Waals surface area contributed by atoms with Crippen LogP contribution in [0.2, 0.25) is 0 Å². The van der Waals surface area contributed by atoms with Gasteiger partial charge >= 0.3 is 17.7 Å². The number of carbonyl (C=O) groups is 3. The lowest BCUT2D eigenvalue weighted by atomic mass is 9.98. The highest BCUT2D eigenvalue weighted by atomic mass is 16.7. The van der Waals surface area contributed by atoms with Crippen LogP contribution >= 0.6 is 0 Å². The van der Waals surface area contributed by atoms with Crippen molar-refractivity contribution in [2.75, 3.05) is 6.61 Å². The highest BCUT2D eigenvalue weighted by molar-refractivity contribution is 5.92. The minimum Gasteiger partial charge on any atom is -0.507 e. The number of hydrogen-bond acceptors (Lipinski definition) is 8. The Kier molecular flexibility index (Phi) is 7.02. The zero-order valence-corrected chi connectivity index (χ0v) is 18.3. The summed E-state index contributed by atoms with van der Waals surface area (Å²) in [4.78, 5) is 36.6. The van der Waals surface area contributed by atoms with Gasteiger partial charge in [0.15, 0.2) is 11.5 Å². The maximum absolute atomic E-state index is 12.7. The largest absolute Gasteiger partial charge is 0.507 e. The van der Waals surface area contributed by atoms with Crippen molar-refractivity contribution in [3.8, 4) is 17.2 Å². The summed E-state index contributed by atoms with van der Waals surface area (Å²) in [6.07, 6.45) is 0.796. The normalized spacial score (nSPS) is 14.5. The predicted molar refractivity (Wildman–Crippen MR) is 114 cm³/mol. The number of esters is 2. The van der Waals surface area contributed by atoms with Crippen molar-refractivity contribution in [2.24, 2.45) is 0 Å². The van der Waals surface area contributed by atoms with Crippen molar-refractivity contribution in [2.45, 2.75) is 51.9 Å². The molecule has 8 heteroatoms. The first-order valence-corrected chi connectivity index (χ1v) is 10.4. The van der Waals surface area contributed by atoms with Crippen LogP contribution in [0.5, 0.6) is 17.2 Å². The van der Waals surface area contributed by atoms with E-state index < -0.39 is 23.6 Å². The summed E-state index contributed by atoms with van der Waals surface area (Å²) < 4.78 is 21.9. The Bertz CT molecular complexity index is 988. The molecular weight excluding hydrogens is 416 g/mol. The molecule has 3 rings (SSSR count). The van der Waals surface area contributed by atoms with Gasteiger partial charge in [-0.15, -0.1) is 0 Å². The molecule has 1 heterocycles. The summed E-state index contributed by atoms with van der Waals surface area (Å²) in [7, 11) is 0. The van der Waals surface area contributed by atoms with Crippen molar-refractivity contribution in [3.63, 3.8) is 0 Å². The van der Waals surface area contributed by atoms with Crippen LogP contribution in [0, 0.1) is 0 Å². The van der Waals surface area contributed by atoms with E-state index in [9.17, 15) is 19.5 Å². The van der Waals surface area contributed by atoms with E-state index in [0.29, 0.717) is 30.9 Å². The zero-order valence-electron chi connectivity index (χ0n) is 18.3. The van der Waals surface area contributed by atoms with E-state index in [0.717, 1.165) is 0 Å². The number of fused-ring (bicyclic) bond motifs is 1. The van der Waals surface area contributed by atoms with Gasteiger partial charge in [-0.05, 0) is 57.0 Å². The van der Waals surface area contributed by atoms with Crippen molar-refractivity contribution >= 4 is 17.7 Å². The lowest BCUT2D eigenvalue weighted by Crippen LogP contribution is -2.42. The molecule has 0 spiro atoms. The van der Waals surface area contributed by atoms with Gasteiger partial charge in [0.1, 0.15) is 5.75 Å². The first-order chi connectivity index (χ1) is 15.3. The minimum absolute atomic E-state index is 0.00520.